The van der Waals surface area contributed by atoms with Crippen molar-refractivity contribution in [3.63, 3.8) is 0 Å². The lowest BCUT2D eigenvalue weighted by molar-refractivity contribution is 0.0963. The number of ether oxygens (including phenoxy) is 1. The highest BCUT2D eigenvalue weighted by atomic mass is 127. The molecule has 10 nitrogen and oxygen atoms in total. The molecule has 30 heavy (non-hydrogen) atoms. The number of likely N-dealkylation sites (tertiary alicyclic amines) is 1. The van der Waals surface area contributed by atoms with Gasteiger partial charge in [0.25, 0.3) is 0 Å². The van der Waals surface area contributed by atoms with Gasteiger partial charge in [-0.05, 0) is 38.8 Å². The first kappa shape index (κ1) is 24.0. The number of nitrogens with zero attached hydrogens (tertiary/aromatic N) is 4. The molecule has 1 saturated heterocycles. The molecule has 0 aromatic carbocycles. The zero-order valence-electron chi connectivity index (χ0n) is 17.4. The first-order valence-electron chi connectivity index (χ1n) is 10.1. The van der Waals surface area contributed by atoms with E-state index in [1.165, 1.54) is 0 Å². The van der Waals surface area contributed by atoms with Crippen molar-refractivity contribution in [3.8, 4) is 11.6 Å². The average molecular weight is 531 g/mol. The number of aromatic amines is 1. The van der Waals surface area contributed by atoms with Crippen LogP contribution in [-0.4, -0.2) is 71.0 Å². The van der Waals surface area contributed by atoms with E-state index in [9.17, 15) is 4.79 Å². The smallest absolute Gasteiger partial charge is 0.409 e. The number of piperidine rings is 1. The number of guanidine groups is 1. The molecular weight excluding hydrogens is 501 g/mol. The van der Waals surface area contributed by atoms with Crippen LogP contribution in [-0.2, 0) is 11.2 Å². The number of amides is 1. The quantitative estimate of drug-likeness (QED) is 0.285. The number of hydrogen-bond acceptors (Lipinski definition) is 6. The predicted molar refractivity (Wildman–Crippen MR) is 124 cm³/mol. The van der Waals surface area contributed by atoms with Crippen molar-refractivity contribution in [2.75, 3.05) is 32.8 Å². The van der Waals surface area contributed by atoms with Crippen LogP contribution in [0.25, 0.3) is 11.6 Å². The van der Waals surface area contributed by atoms with Crippen molar-refractivity contribution in [2.24, 2.45) is 4.99 Å². The molecule has 3 N–H and O–H groups in total. The molecule has 2 aromatic rings. The highest BCUT2D eigenvalue weighted by Crippen LogP contribution is 2.14. The van der Waals surface area contributed by atoms with Gasteiger partial charge in [0.05, 0.1) is 12.9 Å². The minimum absolute atomic E-state index is 0. The summed E-state index contributed by atoms with van der Waals surface area (Å²) in [5.41, 5.74) is 0. The lowest BCUT2D eigenvalue weighted by Crippen LogP contribution is -2.50. The van der Waals surface area contributed by atoms with E-state index in [2.05, 4.69) is 30.8 Å². The third-order valence-corrected chi connectivity index (χ3v) is 4.60. The zero-order chi connectivity index (χ0) is 20.5. The number of H-pyrrole nitrogens is 1. The zero-order valence-corrected chi connectivity index (χ0v) is 19.7. The van der Waals surface area contributed by atoms with Crippen molar-refractivity contribution in [3.05, 3.63) is 24.2 Å². The minimum atomic E-state index is -0.229. The summed E-state index contributed by atoms with van der Waals surface area (Å²) in [5, 5.41) is 13.8. The Morgan fingerprint density at radius 3 is 2.87 bits per heavy atom. The van der Waals surface area contributed by atoms with Crippen LogP contribution in [0.2, 0.25) is 0 Å². The fourth-order valence-corrected chi connectivity index (χ4v) is 3.13. The van der Waals surface area contributed by atoms with Crippen LogP contribution < -0.4 is 10.6 Å². The van der Waals surface area contributed by atoms with Crippen LogP contribution in [0.15, 0.2) is 27.8 Å². The second kappa shape index (κ2) is 12.4. The second-order valence-electron chi connectivity index (χ2n) is 6.70. The van der Waals surface area contributed by atoms with Gasteiger partial charge in [-0.25, -0.2) is 9.78 Å². The second-order valence-corrected chi connectivity index (χ2v) is 6.70. The number of rotatable bonds is 7. The van der Waals surface area contributed by atoms with Crippen molar-refractivity contribution < 1.29 is 13.9 Å². The fourth-order valence-electron chi connectivity index (χ4n) is 3.13. The number of carbonyl (C=O) groups excluding carboxylic acids is 1. The molecule has 166 valence electrons. The molecule has 1 amide bonds. The molecule has 11 heteroatoms. The monoisotopic (exact) mass is 531 g/mol. The molecule has 0 aliphatic carbocycles. The Bertz CT molecular complexity index is 786. The van der Waals surface area contributed by atoms with Crippen LogP contribution in [0, 0.1) is 0 Å². The van der Waals surface area contributed by atoms with Crippen LogP contribution >= 0.6 is 24.0 Å². The van der Waals surface area contributed by atoms with E-state index in [4.69, 9.17) is 9.15 Å². The Hall–Kier alpha value is -2.31. The van der Waals surface area contributed by atoms with Crippen LogP contribution in [0.3, 0.4) is 0 Å². The first-order chi connectivity index (χ1) is 14.2. The molecule has 0 saturated carbocycles. The molecule has 0 radical (unpaired) electrons. The SMILES string of the molecule is CCNC(=NCCc1nc(-c2ccco2)n[nH]1)NC1CCN(C(=O)OCC)CC1.I. The van der Waals surface area contributed by atoms with Gasteiger partial charge in [-0.3, -0.25) is 10.1 Å². The van der Waals surface area contributed by atoms with E-state index in [1.54, 1.807) is 17.2 Å². The maximum Gasteiger partial charge on any atom is 0.409 e. The minimum Gasteiger partial charge on any atom is -0.461 e. The Balaban J connectivity index is 0.00000320. The van der Waals surface area contributed by atoms with Crippen molar-refractivity contribution in [2.45, 2.75) is 39.2 Å². The molecule has 1 aliphatic rings. The fraction of sp³-hybridized carbons (Fsp3) is 0.579. The molecule has 2 aromatic heterocycles. The predicted octanol–water partition coefficient (Wildman–Crippen LogP) is 2.40. The van der Waals surface area contributed by atoms with Gasteiger partial charge in [-0.2, -0.15) is 5.10 Å². The molecule has 0 unspecified atom stereocenters. The molecule has 0 bridgehead atoms. The molecule has 3 rings (SSSR count). The summed E-state index contributed by atoms with van der Waals surface area (Å²) in [7, 11) is 0. The normalized spacial score (nSPS) is 14.9. The third-order valence-electron chi connectivity index (χ3n) is 4.60. The maximum atomic E-state index is 11.8. The van der Waals surface area contributed by atoms with Crippen molar-refractivity contribution >= 4 is 36.0 Å². The van der Waals surface area contributed by atoms with Gasteiger partial charge in [0.1, 0.15) is 5.82 Å². The summed E-state index contributed by atoms with van der Waals surface area (Å²) in [6, 6.07) is 3.90. The summed E-state index contributed by atoms with van der Waals surface area (Å²) in [5.74, 6) is 2.72. The van der Waals surface area contributed by atoms with Crippen LogP contribution in [0.1, 0.15) is 32.5 Å². The Morgan fingerprint density at radius 1 is 1.40 bits per heavy atom. The maximum absolute atomic E-state index is 11.8. The molecule has 3 heterocycles. The van der Waals surface area contributed by atoms with Crippen molar-refractivity contribution in [1.82, 2.24) is 30.7 Å². The van der Waals surface area contributed by atoms with Gasteiger partial charge in [0.15, 0.2) is 11.7 Å². The van der Waals surface area contributed by atoms with E-state index in [-0.39, 0.29) is 36.1 Å². The number of furan rings is 1. The van der Waals surface area contributed by atoms with E-state index in [1.807, 2.05) is 19.9 Å². The van der Waals surface area contributed by atoms with Crippen molar-refractivity contribution in [1.29, 1.82) is 0 Å². The van der Waals surface area contributed by atoms with Crippen LogP contribution in [0.4, 0.5) is 4.79 Å². The third kappa shape index (κ3) is 6.89. The summed E-state index contributed by atoms with van der Waals surface area (Å²) in [6.07, 6.45) is 3.73. The lowest BCUT2D eigenvalue weighted by atomic mass is 10.1. The Morgan fingerprint density at radius 2 is 2.20 bits per heavy atom. The average Bonchev–Trinajstić information content (AvgIpc) is 3.41. The number of hydrogen-bond donors (Lipinski definition) is 3. The summed E-state index contributed by atoms with van der Waals surface area (Å²) >= 11 is 0. The summed E-state index contributed by atoms with van der Waals surface area (Å²) in [4.78, 5) is 22.6. The standard InChI is InChI=1S/C19H29N7O3.HI/c1-3-20-18(22-14-8-11-26(12-9-14)19(27)28-4-2)21-10-7-16-23-17(25-24-16)15-6-5-13-29-15;/h5-6,13-14H,3-4,7-12H2,1-2H3,(H2,20,21,22)(H,23,24,25);1H. The highest BCUT2D eigenvalue weighted by Gasteiger charge is 2.24. The topological polar surface area (TPSA) is 121 Å². The van der Waals surface area contributed by atoms with Gasteiger partial charge in [-0.1, -0.05) is 0 Å². The molecule has 1 fully saturated rings. The summed E-state index contributed by atoms with van der Waals surface area (Å²) in [6.45, 7) is 6.98. The van der Waals surface area contributed by atoms with Gasteiger partial charge >= 0.3 is 6.09 Å². The van der Waals surface area contributed by atoms with Gasteiger partial charge in [0.2, 0.25) is 5.82 Å². The first-order valence-corrected chi connectivity index (χ1v) is 10.1. The van der Waals surface area contributed by atoms with Gasteiger partial charge in [-0.15, -0.1) is 24.0 Å². The molecule has 0 spiro atoms. The lowest BCUT2D eigenvalue weighted by Gasteiger charge is -2.32. The number of aliphatic imine (C=N–C) groups is 1. The molecule has 1 aliphatic heterocycles. The van der Waals surface area contributed by atoms with Gasteiger partial charge in [0, 0.05) is 38.6 Å². The largest absolute Gasteiger partial charge is 0.461 e. The van der Waals surface area contributed by atoms with E-state index < -0.39 is 0 Å². The van der Waals surface area contributed by atoms with Crippen LogP contribution in [0.5, 0.6) is 0 Å². The summed E-state index contributed by atoms with van der Waals surface area (Å²) < 4.78 is 10.4. The highest BCUT2D eigenvalue weighted by molar-refractivity contribution is 14.0. The van der Waals surface area contributed by atoms with E-state index in [0.717, 1.165) is 31.2 Å². The Kier molecular flexibility index (Phi) is 9.91. The van der Waals surface area contributed by atoms with Gasteiger partial charge < -0.3 is 24.7 Å². The number of halogens is 1. The number of aromatic nitrogens is 3. The number of carbonyl (C=O) groups is 1. The number of nitrogens with one attached hydrogen (secondary N) is 3. The Labute approximate surface area is 193 Å². The molecule has 0 atom stereocenters. The van der Waals surface area contributed by atoms with E-state index >= 15 is 0 Å². The van der Waals surface area contributed by atoms with E-state index in [0.29, 0.717) is 44.2 Å². The molecular formula is C19H30IN7O3.